The predicted octanol–water partition coefficient (Wildman–Crippen LogP) is 2.24. The van der Waals surface area contributed by atoms with E-state index in [0.29, 0.717) is 0 Å². The van der Waals surface area contributed by atoms with Crippen molar-refractivity contribution >= 4 is 11.6 Å². The molecule has 1 aromatic rings. The van der Waals surface area contributed by atoms with Gasteiger partial charge in [0.25, 0.3) is 0 Å². The Morgan fingerprint density at radius 2 is 2.24 bits per heavy atom. The molecule has 1 aliphatic rings. The first-order valence-electron chi connectivity index (χ1n) is 6.25. The molecule has 1 fully saturated rings. The van der Waals surface area contributed by atoms with Gasteiger partial charge in [-0.1, -0.05) is 12.1 Å². The van der Waals surface area contributed by atoms with E-state index in [2.05, 4.69) is 16.7 Å². The molecule has 3 heteroatoms. The Morgan fingerprint density at radius 3 is 2.94 bits per heavy atom. The van der Waals surface area contributed by atoms with Crippen molar-refractivity contribution in [3.8, 4) is 0 Å². The molecule has 0 aromatic heterocycles. The summed E-state index contributed by atoms with van der Waals surface area (Å²) < 4.78 is 0. The van der Waals surface area contributed by atoms with Gasteiger partial charge in [0.1, 0.15) is 0 Å². The van der Waals surface area contributed by atoms with E-state index in [4.69, 9.17) is 0 Å². The molecule has 1 aromatic carbocycles. The van der Waals surface area contributed by atoms with Gasteiger partial charge in [-0.05, 0) is 50.4 Å². The molecule has 0 aliphatic carbocycles. The third-order valence-corrected chi connectivity index (χ3v) is 3.32. The van der Waals surface area contributed by atoms with Gasteiger partial charge in [-0.3, -0.25) is 4.79 Å². The van der Waals surface area contributed by atoms with E-state index in [9.17, 15) is 4.79 Å². The molecule has 0 bridgehead atoms. The highest BCUT2D eigenvalue weighted by molar-refractivity contribution is 5.93. The number of carbonyl (C=O) groups excluding carboxylic acids is 1. The number of anilines is 1. The third kappa shape index (κ3) is 3.07. The van der Waals surface area contributed by atoms with Crippen molar-refractivity contribution in [3.05, 3.63) is 29.3 Å². The topological polar surface area (TPSA) is 41.1 Å². The van der Waals surface area contributed by atoms with E-state index in [1.807, 2.05) is 26.0 Å². The van der Waals surface area contributed by atoms with Crippen LogP contribution in [-0.2, 0) is 4.79 Å². The van der Waals surface area contributed by atoms with Gasteiger partial charge in [-0.2, -0.15) is 0 Å². The molecule has 1 heterocycles. The zero-order valence-electron chi connectivity index (χ0n) is 10.5. The van der Waals surface area contributed by atoms with Crippen molar-refractivity contribution in [2.24, 2.45) is 5.92 Å². The second-order valence-corrected chi connectivity index (χ2v) is 4.85. The average Bonchev–Trinajstić information content (AvgIpc) is 2.35. The van der Waals surface area contributed by atoms with Gasteiger partial charge in [-0.15, -0.1) is 0 Å². The van der Waals surface area contributed by atoms with E-state index in [1.165, 1.54) is 5.56 Å². The zero-order valence-corrected chi connectivity index (χ0v) is 10.5. The first-order valence-corrected chi connectivity index (χ1v) is 6.25. The summed E-state index contributed by atoms with van der Waals surface area (Å²) in [5, 5.41) is 6.31. The first-order chi connectivity index (χ1) is 8.16. The van der Waals surface area contributed by atoms with Crippen molar-refractivity contribution in [1.29, 1.82) is 0 Å². The largest absolute Gasteiger partial charge is 0.326 e. The fourth-order valence-electron chi connectivity index (χ4n) is 2.18. The number of carbonyl (C=O) groups is 1. The monoisotopic (exact) mass is 232 g/mol. The minimum atomic E-state index is 0.115. The van der Waals surface area contributed by atoms with Crippen LogP contribution in [-0.4, -0.2) is 19.0 Å². The summed E-state index contributed by atoms with van der Waals surface area (Å²) in [6.45, 7) is 5.90. The summed E-state index contributed by atoms with van der Waals surface area (Å²) in [4.78, 5) is 12.1. The van der Waals surface area contributed by atoms with Crippen LogP contribution in [0.15, 0.2) is 18.2 Å². The number of hydrogen-bond donors (Lipinski definition) is 2. The summed E-state index contributed by atoms with van der Waals surface area (Å²) in [6.07, 6.45) is 2.08. The average molecular weight is 232 g/mol. The summed E-state index contributed by atoms with van der Waals surface area (Å²) >= 11 is 0. The van der Waals surface area contributed by atoms with Crippen LogP contribution in [0.3, 0.4) is 0 Å². The lowest BCUT2D eigenvalue weighted by molar-refractivity contribution is -0.120. The molecular formula is C14H20N2O. The molecule has 2 rings (SSSR count). The molecule has 1 atom stereocenters. The number of aryl methyl sites for hydroxylation is 2. The number of rotatable bonds is 2. The van der Waals surface area contributed by atoms with E-state index >= 15 is 0 Å². The predicted molar refractivity (Wildman–Crippen MR) is 70.1 cm³/mol. The van der Waals surface area contributed by atoms with Gasteiger partial charge in [-0.25, -0.2) is 0 Å². The Kier molecular flexibility index (Phi) is 3.79. The summed E-state index contributed by atoms with van der Waals surface area (Å²) in [5.41, 5.74) is 3.24. The Morgan fingerprint density at radius 1 is 1.41 bits per heavy atom. The van der Waals surface area contributed by atoms with Crippen LogP contribution in [0.1, 0.15) is 24.0 Å². The number of nitrogens with one attached hydrogen (secondary N) is 2. The van der Waals surface area contributed by atoms with E-state index in [0.717, 1.165) is 37.2 Å². The lowest BCUT2D eigenvalue weighted by atomic mass is 9.98. The minimum absolute atomic E-state index is 0.115. The molecule has 0 unspecified atom stereocenters. The standard InChI is InChI=1S/C14H20N2O/c1-10-5-6-11(2)13(8-10)16-14(17)12-4-3-7-15-9-12/h5-6,8,12,15H,3-4,7,9H2,1-2H3,(H,16,17)/t12-/m0/s1. The Bertz CT molecular complexity index is 409. The number of hydrogen-bond acceptors (Lipinski definition) is 2. The van der Waals surface area contributed by atoms with Gasteiger partial charge in [0, 0.05) is 12.2 Å². The Hall–Kier alpha value is -1.35. The molecule has 0 radical (unpaired) electrons. The van der Waals surface area contributed by atoms with Crippen LogP contribution in [0.2, 0.25) is 0 Å². The molecule has 92 valence electrons. The lowest BCUT2D eigenvalue weighted by Gasteiger charge is -2.22. The normalized spacial score (nSPS) is 20.0. The maximum atomic E-state index is 12.1. The second kappa shape index (κ2) is 5.32. The van der Waals surface area contributed by atoms with Gasteiger partial charge in [0.15, 0.2) is 0 Å². The third-order valence-electron chi connectivity index (χ3n) is 3.32. The number of amides is 1. The van der Waals surface area contributed by atoms with Crippen molar-refractivity contribution in [2.45, 2.75) is 26.7 Å². The Balaban J connectivity index is 2.04. The fraction of sp³-hybridized carbons (Fsp3) is 0.500. The van der Waals surface area contributed by atoms with Crippen molar-refractivity contribution in [2.75, 3.05) is 18.4 Å². The highest BCUT2D eigenvalue weighted by Crippen LogP contribution is 2.19. The maximum absolute atomic E-state index is 12.1. The van der Waals surface area contributed by atoms with Crippen LogP contribution in [0.25, 0.3) is 0 Å². The lowest BCUT2D eigenvalue weighted by Crippen LogP contribution is -2.37. The van der Waals surface area contributed by atoms with Gasteiger partial charge in [0.2, 0.25) is 5.91 Å². The van der Waals surface area contributed by atoms with Crippen molar-refractivity contribution in [1.82, 2.24) is 5.32 Å². The van der Waals surface area contributed by atoms with Crippen LogP contribution in [0.5, 0.6) is 0 Å². The second-order valence-electron chi connectivity index (χ2n) is 4.85. The van der Waals surface area contributed by atoms with E-state index < -0.39 is 0 Å². The molecule has 0 spiro atoms. The van der Waals surface area contributed by atoms with Crippen molar-refractivity contribution < 1.29 is 4.79 Å². The molecule has 3 nitrogen and oxygen atoms in total. The zero-order chi connectivity index (χ0) is 12.3. The van der Waals surface area contributed by atoms with Crippen molar-refractivity contribution in [3.63, 3.8) is 0 Å². The summed E-state index contributed by atoms with van der Waals surface area (Å²) in [7, 11) is 0. The Labute approximate surface area is 103 Å². The number of piperidine rings is 1. The molecule has 1 saturated heterocycles. The quantitative estimate of drug-likeness (QED) is 0.821. The van der Waals surface area contributed by atoms with Crippen LogP contribution in [0.4, 0.5) is 5.69 Å². The molecule has 17 heavy (non-hydrogen) atoms. The molecular weight excluding hydrogens is 212 g/mol. The van der Waals surface area contributed by atoms with E-state index in [-0.39, 0.29) is 11.8 Å². The van der Waals surface area contributed by atoms with Gasteiger partial charge >= 0.3 is 0 Å². The number of benzene rings is 1. The van der Waals surface area contributed by atoms with E-state index in [1.54, 1.807) is 0 Å². The highest BCUT2D eigenvalue weighted by atomic mass is 16.1. The summed E-state index contributed by atoms with van der Waals surface area (Å²) in [5.74, 6) is 0.259. The molecule has 1 amide bonds. The van der Waals surface area contributed by atoms with Gasteiger partial charge < -0.3 is 10.6 Å². The summed E-state index contributed by atoms with van der Waals surface area (Å²) in [6, 6.07) is 6.14. The van der Waals surface area contributed by atoms with Crippen LogP contribution >= 0.6 is 0 Å². The smallest absolute Gasteiger partial charge is 0.228 e. The van der Waals surface area contributed by atoms with Crippen LogP contribution < -0.4 is 10.6 Å². The molecule has 0 saturated carbocycles. The molecule has 2 N–H and O–H groups in total. The minimum Gasteiger partial charge on any atom is -0.326 e. The fourth-order valence-corrected chi connectivity index (χ4v) is 2.18. The van der Waals surface area contributed by atoms with Gasteiger partial charge in [0.05, 0.1) is 5.92 Å². The SMILES string of the molecule is Cc1ccc(C)c(NC(=O)[C@H]2CCCNC2)c1. The molecule has 1 aliphatic heterocycles. The maximum Gasteiger partial charge on any atom is 0.228 e. The first kappa shape index (κ1) is 12.1. The highest BCUT2D eigenvalue weighted by Gasteiger charge is 2.21. The van der Waals surface area contributed by atoms with Crippen LogP contribution in [0, 0.1) is 19.8 Å².